The number of unbranched alkanes of at least 4 members (excludes halogenated alkanes) is 3. The predicted octanol–water partition coefficient (Wildman–Crippen LogP) is 8.26. The van der Waals surface area contributed by atoms with Crippen molar-refractivity contribution in [3.8, 4) is 0 Å². The van der Waals surface area contributed by atoms with Gasteiger partial charge in [-0.2, -0.15) is 0 Å². The minimum absolute atomic E-state index is 0.219. The molecule has 0 atom stereocenters. The van der Waals surface area contributed by atoms with E-state index in [-0.39, 0.29) is 5.41 Å². The van der Waals surface area contributed by atoms with Crippen molar-refractivity contribution in [2.75, 3.05) is 0 Å². The summed E-state index contributed by atoms with van der Waals surface area (Å²) in [6.07, 6.45) is 14.7. The van der Waals surface area contributed by atoms with Crippen LogP contribution in [0.25, 0.3) is 0 Å². The first-order valence-corrected chi connectivity index (χ1v) is 11.9. The molecule has 0 unspecified atom stereocenters. The summed E-state index contributed by atoms with van der Waals surface area (Å²) in [5, 5.41) is 0. The fraction of sp³-hybridized carbons (Fsp3) is 0.571. The van der Waals surface area contributed by atoms with Crippen LogP contribution in [0.2, 0.25) is 0 Å². The topological polar surface area (TPSA) is 0 Å². The third kappa shape index (κ3) is 4.88. The zero-order valence-corrected chi connectivity index (χ0v) is 18.5. The molecule has 0 heteroatoms. The second-order valence-corrected chi connectivity index (χ2v) is 8.98. The molecule has 28 heavy (non-hydrogen) atoms. The second kappa shape index (κ2) is 10.3. The average Bonchev–Trinajstić information content (AvgIpc) is 2.77. The van der Waals surface area contributed by atoms with E-state index in [4.69, 9.17) is 0 Å². The van der Waals surface area contributed by atoms with Crippen molar-refractivity contribution in [1.82, 2.24) is 0 Å². The first-order valence-electron chi connectivity index (χ1n) is 11.9. The number of benzene rings is 2. The quantitative estimate of drug-likeness (QED) is 0.386. The molecule has 2 aromatic carbocycles. The standard InChI is InChI=1S/C28H40/c1-4-7-8-9-12-25-17-19-28(20-18-25,26-15-10-13-23(5-2)21-26)27-16-11-14-24(6-3)22-27/h10-11,13-16,21-22,25H,4-9,12,17-20H2,1-3H3. The van der Waals surface area contributed by atoms with Gasteiger partial charge in [-0.3, -0.25) is 0 Å². The highest BCUT2D eigenvalue weighted by Gasteiger charge is 2.38. The molecule has 3 rings (SSSR count). The van der Waals surface area contributed by atoms with Crippen molar-refractivity contribution in [3.63, 3.8) is 0 Å². The Labute approximate surface area is 173 Å². The van der Waals surface area contributed by atoms with Gasteiger partial charge in [-0.05, 0) is 66.7 Å². The Morgan fingerprint density at radius 2 is 1.32 bits per heavy atom. The molecule has 0 bridgehead atoms. The van der Waals surface area contributed by atoms with E-state index in [9.17, 15) is 0 Å². The van der Waals surface area contributed by atoms with Gasteiger partial charge in [0.15, 0.2) is 0 Å². The summed E-state index contributed by atoms with van der Waals surface area (Å²) >= 11 is 0. The lowest BCUT2D eigenvalue weighted by atomic mass is 9.62. The van der Waals surface area contributed by atoms with Gasteiger partial charge in [0.1, 0.15) is 0 Å². The Hall–Kier alpha value is -1.56. The van der Waals surface area contributed by atoms with Crippen molar-refractivity contribution in [1.29, 1.82) is 0 Å². The molecule has 0 aliphatic heterocycles. The number of hydrogen-bond donors (Lipinski definition) is 0. The zero-order chi connectivity index (χ0) is 19.8. The van der Waals surface area contributed by atoms with Crippen LogP contribution in [0.5, 0.6) is 0 Å². The Balaban J connectivity index is 1.84. The Morgan fingerprint density at radius 3 is 1.82 bits per heavy atom. The van der Waals surface area contributed by atoms with E-state index in [1.165, 1.54) is 68.9 Å². The summed E-state index contributed by atoms with van der Waals surface area (Å²) < 4.78 is 0. The molecule has 0 spiro atoms. The van der Waals surface area contributed by atoms with Crippen molar-refractivity contribution in [2.45, 2.75) is 96.8 Å². The highest BCUT2D eigenvalue weighted by molar-refractivity contribution is 5.43. The van der Waals surface area contributed by atoms with E-state index in [1.807, 2.05) is 0 Å². The lowest BCUT2D eigenvalue weighted by Crippen LogP contribution is -2.33. The monoisotopic (exact) mass is 376 g/mol. The molecule has 0 nitrogen and oxygen atoms in total. The summed E-state index contributed by atoms with van der Waals surface area (Å²) in [5.74, 6) is 0.939. The van der Waals surface area contributed by atoms with Gasteiger partial charge in [-0.25, -0.2) is 0 Å². The molecule has 0 radical (unpaired) electrons. The molecule has 0 saturated heterocycles. The van der Waals surface area contributed by atoms with E-state index in [2.05, 4.69) is 69.3 Å². The fourth-order valence-corrected chi connectivity index (χ4v) is 5.24. The summed E-state index contributed by atoms with van der Waals surface area (Å²) in [7, 11) is 0. The number of rotatable bonds is 9. The van der Waals surface area contributed by atoms with Crippen LogP contribution in [0.15, 0.2) is 48.5 Å². The maximum atomic E-state index is 2.50. The second-order valence-electron chi connectivity index (χ2n) is 8.98. The summed E-state index contributed by atoms with van der Waals surface area (Å²) in [5.41, 5.74) is 6.29. The van der Waals surface area contributed by atoms with Crippen molar-refractivity contribution in [2.24, 2.45) is 5.92 Å². The van der Waals surface area contributed by atoms with Gasteiger partial charge in [0.25, 0.3) is 0 Å². The van der Waals surface area contributed by atoms with Crippen LogP contribution >= 0.6 is 0 Å². The summed E-state index contributed by atoms with van der Waals surface area (Å²) in [4.78, 5) is 0. The summed E-state index contributed by atoms with van der Waals surface area (Å²) in [6.45, 7) is 6.86. The predicted molar refractivity (Wildman–Crippen MR) is 123 cm³/mol. The van der Waals surface area contributed by atoms with Crippen LogP contribution in [0.4, 0.5) is 0 Å². The zero-order valence-electron chi connectivity index (χ0n) is 18.5. The number of hydrogen-bond acceptors (Lipinski definition) is 0. The Kier molecular flexibility index (Phi) is 7.77. The van der Waals surface area contributed by atoms with Crippen molar-refractivity contribution in [3.05, 3.63) is 70.8 Å². The molecule has 0 heterocycles. The lowest BCUT2D eigenvalue weighted by molar-refractivity contribution is 0.250. The van der Waals surface area contributed by atoms with Crippen LogP contribution in [-0.4, -0.2) is 0 Å². The van der Waals surface area contributed by atoms with E-state index in [0.717, 1.165) is 18.8 Å². The fourth-order valence-electron chi connectivity index (χ4n) is 5.24. The van der Waals surface area contributed by atoms with Crippen LogP contribution < -0.4 is 0 Å². The van der Waals surface area contributed by atoms with Crippen LogP contribution in [0.1, 0.15) is 101 Å². The van der Waals surface area contributed by atoms with Gasteiger partial charge in [-0.1, -0.05) is 101 Å². The van der Waals surface area contributed by atoms with E-state index in [1.54, 1.807) is 11.1 Å². The molecule has 152 valence electrons. The molecule has 0 aromatic heterocycles. The average molecular weight is 377 g/mol. The largest absolute Gasteiger partial charge is 0.0654 e. The van der Waals surface area contributed by atoms with E-state index >= 15 is 0 Å². The third-order valence-electron chi connectivity index (χ3n) is 7.20. The van der Waals surface area contributed by atoms with Gasteiger partial charge in [-0.15, -0.1) is 0 Å². The SMILES string of the molecule is CCCCCCC1CCC(c2cccc(CC)c2)(c2cccc(CC)c2)CC1. The first kappa shape index (κ1) is 21.2. The first-order chi connectivity index (χ1) is 13.7. The molecule has 1 fully saturated rings. The van der Waals surface area contributed by atoms with Crippen molar-refractivity contribution >= 4 is 0 Å². The molecule has 1 aliphatic rings. The molecule has 1 aliphatic carbocycles. The van der Waals surface area contributed by atoms with Gasteiger partial charge >= 0.3 is 0 Å². The van der Waals surface area contributed by atoms with Crippen LogP contribution in [-0.2, 0) is 18.3 Å². The van der Waals surface area contributed by atoms with E-state index < -0.39 is 0 Å². The van der Waals surface area contributed by atoms with Crippen LogP contribution in [0, 0.1) is 5.92 Å². The Morgan fingerprint density at radius 1 is 0.750 bits per heavy atom. The number of aryl methyl sites for hydroxylation is 2. The highest BCUT2D eigenvalue weighted by atomic mass is 14.4. The molecule has 2 aromatic rings. The van der Waals surface area contributed by atoms with Crippen LogP contribution in [0.3, 0.4) is 0 Å². The Bertz CT molecular complexity index is 669. The maximum Gasteiger partial charge on any atom is 0.0203 e. The minimum Gasteiger partial charge on any atom is -0.0654 e. The van der Waals surface area contributed by atoms with Gasteiger partial charge < -0.3 is 0 Å². The molecule has 1 saturated carbocycles. The normalized spacial score (nSPS) is 17.0. The smallest absolute Gasteiger partial charge is 0.0203 e. The highest BCUT2D eigenvalue weighted by Crippen LogP contribution is 2.47. The van der Waals surface area contributed by atoms with E-state index in [0.29, 0.717) is 0 Å². The third-order valence-corrected chi connectivity index (χ3v) is 7.20. The molecular weight excluding hydrogens is 336 g/mol. The van der Waals surface area contributed by atoms with Crippen molar-refractivity contribution < 1.29 is 0 Å². The van der Waals surface area contributed by atoms with Gasteiger partial charge in [0.05, 0.1) is 0 Å². The minimum atomic E-state index is 0.219. The summed E-state index contributed by atoms with van der Waals surface area (Å²) in [6, 6.07) is 19.0. The maximum absolute atomic E-state index is 2.50. The molecule has 0 N–H and O–H groups in total. The molecular formula is C28H40. The lowest BCUT2D eigenvalue weighted by Gasteiger charge is -2.42. The van der Waals surface area contributed by atoms with Gasteiger partial charge in [0.2, 0.25) is 0 Å². The van der Waals surface area contributed by atoms with Gasteiger partial charge in [0, 0.05) is 5.41 Å². The molecule has 0 amide bonds.